The monoisotopic (exact) mass is 382 g/mol. The Hall–Kier alpha value is -2.00. The van der Waals surface area contributed by atoms with Crippen molar-refractivity contribution in [3.63, 3.8) is 0 Å². The van der Waals surface area contributed by atoms with E-state index < -0.39 is 0 Å². The van der Waals surface area contributed by atoms with Crippen LogP contribution in [0.1, 0.15) is 57.3 Å². The summed E-state index contributed by atoms with van der Waals surface area (Å²) in [5.41, 5.74) is 2.32. The molecule has 2 aromatic rings. The quantitative estimate of drug-likeness (QED) is 0.565. The summed E-state index contributed by atoms with van der Waals surface area (Å²) in [6.07, 6.45) is 3.87. The van der Waals surface area contributed by atoms with Crippen molar-refractivity contribution in [2.45, 2.75) is 52.2 Å². The van der Waals surface area contributed by atoms with Crippen LogP contribution in [-0.2, 0) is 4.74 Å². The van der Waals surface area contributed by atoms with Crippen molar-refractivity contribution in [2.24, 2.45) is 17.8 Å². The summed E-state index contributed by atoms with van der Waals surface area (Å²) in [4.78, 5) is 0. The minimum Gasteiger partial charge on any atom is -0.497 e. The van der Waals surface area contributed by atoms with Crippen molar-refractivity contribution in [1.29, 1.82) is 0 Å². The molecule has 0 aromatic heterocycles. The molecule has 28 heavy (non-hydrogen) atoms. The fourth-order valence-electron chi connectivity index (χ4n) is 4.35. The summed E-state index contributed by atoms with van der Waals surface area (Å²) in [6.45, 7) is 7.00. The van der Waals surface area contributed by atoms with Crippen LogP contribution in [0.4, 0.5) is 0 Å². The van der Waals surface area contributed by atoms with Crippen molar-refractivity contribution in [1.82, 2.24) is 0 Å². The Labute approximate surface area is 170 Å². The molecule has 1 saturated carbocycles. The molecule has 3 rings (SSSR count). The molecule has 3 nitrogen and oxygen atoms in total. The average molecular weight is 383 g/mol. The van der Waals surface area contributed by atoms with Crippen LogP contribution in [0.5, 0.6) is 11.5 Å². The van der Waals surface area contributed by atoms with E-state index in [0.29, 0.717) is 17.8 Å². The van der Waals surface area contributed by atoms with Crippen molar-refractivity contribution in [2.75, 3.05) is 14.2 Å². The highest BCUT2D eigenvalue weighted by Crippen LogP contribution is 2.39. The summed E-state index contributed by atoms with van der Waals surface area (Å²) >= 11 is 0. The molecule has 0 aliphatic heterocycles. The highest BCUT2D eigenvalue weighted by molar-refractivity contribution is 5.36. The van der Waals surface area contributed by atoms with Crippen LogP contribution < -0.4 is 9.47 Å². The number of hydrogen-bond acceptors (Lipinski definition) is 3. The lowest BCUT2D eigenvalue weighted by Gasteiger charge is -2.39. The predicted octanol–water partition coefficient (Wildman–Crippen LogP) is 6.27. The highest BCUT2D eigenvalue weighted by Gasteiger charge is 2.33. The maximum Gasteiger partial charge on any atom is 0.118 e. The topological polar surface area (TPSA) is 27.7 Å². The van der Waals surface area contributed by atoms with E-state index in [2.05, 4.69) is 45.0 Å². The molecule has 1 aliphatic rings. The first-order valence-corrected chi connectivity index (χ1v) is 10.4. The zero-order valence-electron chi connectivity index (χ0n) is 17.9. The van der Waals surface area contributed by atoms with Crippen LogP contribution in [-0.4, -0.2) is 20.3 Å². The first-order valence-electron chi connectivity index (χ1n) is 10.4. The highest BCUT2D eigenvalue weighted by atomic mass is 16.5. The van der Waals surface area contributed by atoms with E-state index in [9.17, 15) is 0 Å². The number of benzene rings is 2. The average Bonchev–Trinajstić information content (AvgIpc) is 2.72. The maximum atomic E-state index is 6.87. The Kier molecular flexibility index (Phi) is 7.01. The van der Waals surface area contributed by atoms with E-state index in [1.165, 1.54) is 12.8 Å². The van der Waals surface area contributed by atoms with Gasteiger partial charge in [0.05, 0.1) is 20.3 Å². The molecule has 2 aromatic carbocycles. The summed E-state index contributed by atoms with van der Waals surface area (Å²) in [6, 6.07) is 16.5. The zero-order chi connectivity index (χ0) is 20.1. The van der Waals surface area contributed by atoms with Gasteiger partial charge in [-0.15, -0.1) is 0 Å². The summed E-state index contributed by atoms with van der Waals surface area (Å²) < 4.78 is 17.6. The van der Waals surface area contributed by atoms with Crippen LogP contribution in [0.25, 0.3) is 0 Å². The second-order valence-electron chi connectivity index (χ2n) is 8.43. The van der Waals surface area contributed by atoms with Gasteiger partial charge in [0.2, 0.25) is 0 Å². The molecule has 0 amide bonds. The molecule has 0 N–H and O–H groups in total. The second-order valence-corrected chi connectivity index (χ2v) is 8.43. The van der Waals surface area contributed by atoms with Crippen molar-refractivity contribution in [3.8, 4) is 11.5 Å². The molecule has 0 spiro atoms. The van der Waals surface area contributed by atoms with Gasteiger partial charge in [0.25, 0.3) is 0 Å². The van der Waals surface area contributed by atoms with E-state index in [4.69, 9.17) is 14.2 Å². The van der Waals surface area contributed by atoms with Crippen LogP contribution >= 0.6 is 0 Å². The van der Waals surface area contributed by atoms with Gasteiger partial charge in [0.15, 0.2) is 0 Å². The van der Waals surface area contributed by atoms with E-state index >= 15 is 0 Å². The number of methoxy groups -OCH3 is 2. The third kappa shape index (κ3) is 4.88. The van der Waals surface area contributed by atoms with Crippen LogP contribution in [0.3, 0.4) is 0 Å². The maximum absolute atomic E-state index is 6.87. The van der Waals surface area contributed by atoms with Crippen LogP contribution in [0.2, 0.25) is 0 Å². The lowest BCUT2D eigenvalue weighted by molar-refractivity contribution is -0.0678. The lowest BCUT2D eigenvalue weighted by atomic mass is 9.75. The predicted molar refractivity (Wildman–Crippen MR) is 114 cm³/mol. The van der Waals surface area contributed by atoms with Gasteiger partial charge < -0.3 is 14.2 Å². The Balaban J connectivity index is 1.91. The van der Waals surface area contributed by atoms with Gasteiger partial charge in [0, 0.05) is 0 Å². The Morgan fingerprint density at radius 1 is 0.786 bits per heavy atom. The van der Waals surface area contributed by atoms with E-state index in [0.717, 1.165) is 29.0 Å². The van der Waals surface area contributed by atoms with Crippen molar-refractivity contribution >= 4 is 0 Å². The van der Waals surface area contributed by atoms with E-state index in [1.807, 2.05) is 24.3 Å². The van der Waals surface area contributed by atoms with Gasteiger partial charge in [-0.3, -0.25) is 0 Å². The number of hydrogen-bond donors (Lipinski definition) is 0. The largest absolute Gasteiger partial charge is 0.497 e. The second kappa shape index (κ2) is 9.47. The standard InChI is InChI=1S/C25H34O3/c1-17(2)23-15-6-18(3)16-24(23)28-25(19-7-11-21(26-4)12-8-19)20-9-13-22(27-5)14-10-20/h7-14,17-18,23-25H,6,15-16H2,1-5H3/t18-,23-,24+/m0/s1. The Bertz CT molecular complexity index is 673. The van der Waals surface area contributed by atoms with E-state index in [1.54, 1.807) is 14.2 Å². The Morgan fingerprint density at radius 2 is 1.29 bits per heavy atom. The Morgan fingerprint density at radius 3 is 1.71 bits per heavy atom. The lowest BCUT2D eigenvalue weighted by Crippen LogP contribution is -2.35. The zero-order valence-corrected chi connectivity index (χ0v) is 17.9. The van der Waals surface area contributed by atoms with Gasteiger partial charge in [-0.25, -0.2) is 0 Å². The minimum absolute atomic E-state index is 0.0895. The van der Waals surface area contributed by atoms with Gasteiger partial charge in [0.1, 0.15) is 17.6 Å². The van der Waals surface area contributed by atoms with E-state index in [-0.39, 0.29) is 12.2 Å². The van der Waals surface area contributed by atoms with Gasteiger partial charge in [-0.1, -0.05) is 51.5 Å². The molecule has 3 atom stereocenters. The fourth-order valence-corrected chi connectivity index (χ4v) is 4.35. The smallest absolute Gasteiger partial charge is 0.118 e. The van der Waals surface area contributed by atoms with Crippen LogP contribution in [0.15, 0.2) is 48.5 Å². The fraction of sp³-hybridized carbons (Fsp3) is 0.520. The van der Waals surface area contributed by atoms with Gasteiger partial charge in [-0.2, -0.15) is 0 Å². The van der Waals surface area contributed by atoms with Gasteiger partial charge in [-0.05, 0) is 66.0 Å². The van der Waals surface area contributed by atoms with Crippen LogP contribution in [0, 0.1) is 17.8 Å². The molecule has 0 bridgehead atoms. The first-order chi connectivity index (χ1) is 13.5. The molecule has 0 saturated heterocycles. The minimum atomic E-state index is -0.0895. The molecule has 3 heteroatoms. The summed E-state index contributed by atoms with van der Waals surface area (Å²) in [5, 5.41) is 0. The molecule has 152 valence electrons. The molecule has 0 radical (unpaired) electrons. The third-order valence-corrected chi connectivity index (χ3v) is 6.11. The normalized spacial score (nSPS) is 22.5. The first kappa shape index (κ1) is 20.7. The van der Waals surface area contributed by atoms with Gasteiger partial charge >= 0.3 is 0 Å². The number of rotatable bonds is 7. The molecule has 1 fully saturated rings. The molecule has 0 heterocycles. The number of ether oxygens (including phenoxy) is 3. The SMILES string of the molecule is COc1ccc(C(O[C@@H]2C[C@@H](C)CC[C@H]2C(C)C)c2ccc(OC)cc2)cc1. The molecular weight excluding hydrogens is 348 g/mol. The summed E-state index contributed by atoms with van der Waals surface area (Å²) in [7, 11) is 3.40. The third-order valence-electron chi connectivity index (χ3n) is 6.11. The molecule has 1 aliphatic carbocycles. The molecule has 0 unspecified atom stereocenters. The van der Waals surface area contributed by atoms with Crippen molar-refractivity contribution in [3.05, 3.63) is 59.7 Å². The summed E-state index contributed by atoms with van der Waals surface area (Å²) in [5.74, 6) is 3.68. The van der Waals surface area contributed by atoms with Crippen molar-refractivity contribution < 1.29 is 14.2 Å². The molecular formula is C25H34O3.